The number of hydrogen-bond acceptors (Lipinski definition) is 6. The number of methoxy groups -OCH3 is 1. The number of aromatic nitrogens is 1. The summed E-state index contributed by atoms with van der Waals surface area (Å²) >= 11 is 1.33. The second-order valence-corrected chi connectivity index (χ2v) is 7.73. The van der Waals surface area contributed by atoms with Crippen LogP contribution < -0.4 is 14.4 Å². The summed E-state index contributed by atoms with van der Waals surface area (Å²) in [6.07, 6.45) is 0. The van der Waals surface area contributed by atoms with Crippen molar-refractivity contribution in [3.63, 3.8) is 0 Å². The van der Waals surface area contributed by atoms with Gasteiger partial charge in [0.25, 0.3) is 5.91 Å². The van der Waals surface area contributed by atoms with E-state index in [2.05, 4.69) is 23.7 Å². The Morgan fingerprint density at radius 1 is 1.06 bits per heavy atom. The summed E-state index contributed by atoms with van der Waals surface area (Å²) in [6, 6.07) is 13.0. The number of fused-ring (bicyclic) bond motifs is 1. The van der Waals surface area contributed by atoms with Crippen molar-refractivity contribution in [3.05, 3.63) is 52.8 Å². The zero-order valence-corrected chi connectivity index (χ0v) is 19.1. The minimum Gasteiger partial charge on any atom is -0.495 e. The standard InChI is InChI=1S/C23H27N3O4S/c1-5-25(6-2)17-13-11-16(12-14-17)22(28)24-23-26(15-20(27)30-7-3)21-18(29-4)9-8-10-19(21)31-23/h8-14H,5-7,15H2,1-4H3. The summed E-state index contributed by atoms with van der Waals surface area (Å²) in [6.45, 7) is 7.96. The molecule has 0 atom stereocenters. The van der Waals surface area contributed by atoms with Gasteiger partial charge in [-0.2, -0.15) is 4.99 Å². The van der Waals surface area contributed by atoms with E-state index in [-0.39, 0.29) is 19.1 Å². The van der Waals surface area contributed by atoms with Crippen LogP contribution in [0.25, 0.3) is 10.2 Å². The molecule has 0 unspecified atom stereocenters. The summed E-state index contributed by atoms with van der Waals surface area (Å²) in [7, 11) is 1.57. The first-order chi connectivity index (χ1) is 15.0. The highest BCUT2D eigenvalue weighted by Gasteiger charge is 2.16. The number of ether oxygens (including phenoxy) is 2. The molecule has 0 aliphatic rings. The van der Waals surface area contributed by atoms with Gasteiger partial charge in [0.05, 0.1) is 18.4 Å². The predicted molar refractivity (Wildman–Crippen MR) is 123 cm³/mol. The van der Waals surface area contributed by atoms with Gasteiger partial charge in [0.15, 0.2) is 4.80 Å². The third kappa shape index (κ3) is 4.96. The van der Waals surface area contributed by atoms with Gasteiger partial charge in [0.2, 0.25) is 0 Å². The number of carbonyl (C=O) groups is 2. The van der Waals surface area contributed by atoms with Gasteiger partial charge in [0.1, 0.15) is 17.8 Å². The molecule has 0 radical (unpaired) electrons. The lowest BCUT2D eigenvalue weighted by atomic mass is 10.2. The van der Waals surface area contributed by atoms with Crippen LogP contribution in [-0.2, 0) is 16.1 Å². The number of anilines is 1. The normalized spacial score (nSPS) is 11.5. The second-order valence-electron chi connectivity index (χ2n) is 6.72. The fraction of sp³-hybridized carbons (Fsp3) is 0.348. The molecule has 0 aliphatic carbocycles. The van der Waals surface area contributed by atoms with Crippen LogP contribution in [0.5, 0.6) is 5.75 Å². The molecule has 8 heteroatoms. The van der Waals surface area contributed by atoms with Crippen molar-refractivity contribution in [1.82, 2.24) is 4.57 Å². The van der Waals surface area contributed by atoms with E-state index in [4.69, 9.17) is 9.47 Å². The minimum absolute atomic E-state index is 0.0543. The number of hydrogen-bond donors (Lipinski definition) is 0. The van der Waals surface area contributed by atoms with E-state index in [9.17, 15) is 9.59 Å². The predicted octanol–water partition coefficient (Wildman–Crippen LogP) is 3.86. The molecular weight excluding hydrogens is 414 g/mol. The van der Waals surface area contributed by atoms with E-state index in [1.165, 1.54) is 11.3 Å². The van der Waals surface area contributed by atoms with Crippen LogP contribution in [0.2, 0.25) is 0 Å². The molecule has 0 bridgehead atoms. The number of carbonyl (C=O) groups excluding carboxylic acids is 2. The average Bonchev–Trinajstić information content (AvgIpc) is 3.12. The van der Waals surface area contributed by atoms with Gasteiger partial charge in [-0.15, -0.1) is 0 Å². The zero-order valence-electron chi connectivity index (χ0n) is 18.3. The molecule has 1 aromatic heterocycles. The molecule has 1 amide bonds. The lowest BCUT2D eigenvalue weighted by Gasteiger charge is -2.20. The average molecular weight is 442 g/mol. The topological polar surface area (TPSA) is 73.1 Å². The SMILES string of the molecule is CCOC(=O)Cn1c(=NC(=O)c2ccc(N(CC)CC)cc2)sc2cccc(OC)c21. The molecule has 0 aliphatic heterocycles. The Labute approximate surface area is 185 Å². The van der Waals surface area contributed by atoms with Crippen molar-refractivity contribution >= 4 is 39.1 Å². The highest BCUT2D eigenvalue weighted by atomic mass is 32.1. The van der Waals surface area contributed by atoms with Crippen molar-refractivity contribution in [2.24, 2.45) is 4.99 Å². The summed E-state index contributed by atoms with van der Waals surface area (Å²) < 4.78 is 13.1. The summed E-state index contributed by atoms with van der Waals surface area (Å²) in [5.41, 5.74) is 2.26. The van der Waals surface area contributed by atoms with Crippen molar-refractivity contribution < 1.29 is 19.1 Å². The Morgan fingerprint density at radius 3 is 2.39 bits per heavy atom. The summed E-state index contributed by atoms with van der Waals surface area (Å²) in [5, 5.41) is 0. The smallest absolute Gasteiger partial charge is 0.326 e. The van der Waals surface area contributed by atoms with Gasteiger partial charge in [-0.1, -0.05) is 17.4 Å². The second kappa shape index (κ2) is 10.3. The van der Waals surface area contributed by atoms with Gasteiger partial charge >= 0.3 is 5.97 Å². The number of esters is 1. The Morgan fingerprint density at radius 2 is 1.77 bits per heavy atom. The van der Waals surface area contributed by atoms with Crippen LogP contribution in [0, 0.1) is 0 Å². The van der Waals surface area contributed by atoms with Crippen molar-refractivity contribution in [2.45, 2.75) is 27.3 Å². The van der Waals surface area contributed by atoms with Crippen molar-refractivity contribution in [3.8, 4) is 5.75 Å². The van der Waals surface area contributed by atoms with E-state index in [1.807, 2.05) is 30.3 Å². The van der Waals surface area contributed by atoms with Gasteiger partial charge in [-0.3, -0.25) is 9.59 Å². The maximum Gasteiger partial charge on any atom is 0.326 e. The van der Waals surface area contributed by atoms with Crippen LogP contribution in [-0.4, -0.2) is 43.2 Å². The Bertz CT molecular complexity index is 1130. The fourth-order valence-corrected chi connectivity index (χ4v) is 4.43. The van der Waals surface area contributed by atoms with E-state index >= 15 is 0 Å². The number of rotatable bonds is 8. The molecule has 0 saturated heterocycles. The highest BCUT2D eigenvalue weighted by Crippen LogP contribution is 2.27. The molecule has 1 heterocycles. The van der Waals surface area contributed by atoms with Crippen LogP contribution >= 0.6 is 11.3 Å². The lowest BCUT2D eigenvalue weighted by Crippen LogP contribution is -2.23. The molecule has 31 heavy (non-hydrogen) atoms. The molecule has 3 aromatic rings. The zero-order chi connectivity index (χ0) is 22.4. The largest absolute Gasteiger partial charge is 0.495 e. The van der Waals surface area contributed by atoms with Crippen molar-refractivity contribution in [1.29, 1.82) is 0 Å². The molecule has 3 rings (SSSR count). The molecule has 0 N–H and O–H groups in total. The lowest BCUT2D eigenvalue weighted by molar-refractivity contribution is -0.143. The molecule has 0 saturated carbocycles. The van der Waals surface area contributed by atoms with Crippen LogP contribution in [0.4, 0.5) is 5.69 Å². The van der Waals surface area contributed by atoms with Gasteiger partial charge in [-0.25, -0.2) is 0 Å². The number of benzene rings is 2. The molecule has 0 fully saturated rings. The minimum atomic E-state index is -0.398. The van der Waals surface area contributed by atoms with Crippen LogP contribution in [0.15, 0.2) is 47.5 Å². The van der Waals surface area contributed by atoms with E-state index in [1.54, 1.807) is 30.7 Å². The molecule has 2 aromatic carbocycles. The Hall–Kier alpha value is -3.13. The van der Waals surface area contributed by atoms with Crippen LogP contribution in [0.1, 0.15) is 31.1 Å². The summed E-state index contributed by atoms with van der Waals surface area (Å²) in [5.74, 6) is -0.157. The first kappa shape index (κ1) is 22.6. The monoisotopic (exact) mass is 441 g/mol. The van der Waals surface area contributed by atoms with E-state index in [0.717, 1.165) is 23.5 Å². The van der Waals surface area contributed by atoms with Gasteiger partial charge in [0, 0.05) is 24.3 Å². The quantitative estimate of drug-likeness (QED) is 0.496. The number of nitrogens with zero attached hydrogens (tertiary/aromatic N) is 3. The molecule has 7 nitrogen and oxygen atoms in total. The first-order valence-corrected chi connectivity index (χ1v) is 11.1. The van der Waals surface area contributed by atoms with Crippen LogP contribution in [0.3, 0.4) is 0 Å². The number of amides is 1. The molecular formula is C23H27N3O4S. The first-order valence-electron chi connectivity index (χ1n) is 10.3. The molecule has 0 spiro atoms. The maximum atomic E-state index is 12.9. The third-order valence-electron chi connectivity index (χ3n) is 4.92. The van der Waals surface area contributed by atoms with E-state index in [0.29, 0.717) is 21.6 Å². The number of para-hydroxylation sites is 1. The molecule has 164 valence electrons. The summed E-state index contributed by atoms with van der Waals surface area (Å²) in [4.78, 5) is 32.1. The third-order valence-corrected chi connectivity index (χ3v) is 5.96. The Balaban J connectivity index is 2.04. The highest BCUT2D eigenvalue weighted by molar-refractivity contribution is 7.16. The Kier molecular flexibility index (Phi) is 7.46. The number of thiazole rings is 1. The fourth-order valence-electron chi connectivity index (χ4n) is 3.38. The van der Waals surface area contributed by atoms with Crippen molar-refractivity contribution in [2.75, 3.05) is 31.7 Å². The van der Waals surface area contributed by atoms with Gasteiger partial charge in [-0.05, 0) is 57.2 Å². The van der Waals surface area contributed by atoms with E-state index < -0.39 is 5.97 Å². The van der Waals surface area contributed by atoms with Gasteiger partial charge < -0.3 is 18.9 Å². The maximum absolute atomic E-state index is 12.9.